The van der Waals surface area contributed by atoms with Crippen LogP contribution < -0.4 is 0 Å². The fourth-order valence-electron chi connectivity index (χ4n) is 4.91. The van der Waals surface area contributed by atoms with Crippen LogP contribution in [0.2, 0.25) is 0 Å². The molecule has 0 N–H and O–H groups in total. The average molecular weight is 450 g/mol. The standard InChI is InChI=1S/C26H24F6/c1-2-3-4-14-5-7-15(8-6-14)16-10-19(27)23(20(28)11-16)17-9-18-13-22(30)25(31)26(32)24(18)21(29)12-17/h9-15H,2-8H2,1H3. The topological polar surface area (TPSA) is 0 Å². The third-order valence-corrected chi connectivity index (χ3v) is 6.66. The van der Waals surface area contributed by atoms with E-state index in [1.54, 1.807) is 0 Å². The van der Waals surface area contributed by atoms with E-state index in [1.807, 2.05) is 0 Å². The molecule has 32 heavy (non-hydrogen) atoms. The van der Waals surface area contributed by atoms with Crippen molar-refractivity contribution in [1.82, 2.24) is 0 Å². The molecular formula is C26H24F6. The molecule has 0 spiro atoms. The molecule has 0 aliphatic heterocycles. The summed E-state index contributed by atoms with van der Waals surface area (Å²) in [5.74, 6) is -7.20. The Bertz CT molecular complexity index is 1120. The predicted molar refractivity (Wildman–Crippen MR) is 113 cm³/mol. The third-order valence-electron chi connectivity index (χ3n) is 6.66. The lowest BCUT2D eigenvalue weighted by atomic mass is 9.77. The molecule has 0 atom stereocenters. The molecule has 0 aromatic heterocycles. The van der Waals surface area contributed by atoms with Gasteiger partial charge in [-0.3, -0.25) is 0 Å². The smallest absolute Gasteiger partial charge is 0.195 e. The minimum Gasteiger partial charge on any atom is -0.206 e. The molecule has 0 saturated heterocycles. The molecule has 1 fully saturated rings. The number of halogens is 6. The molecule has 170 valence electrons. The van der Waals surface area contributed by atoms with Crippen molar-refractivity contribution in [3.63, 3.8) is 0 Å². The quantitative estimate of drug-likeness (QED) is 0.269. The van der Waals surface area contributed by atoms with Crippen LogP contribution in [0, 0.1) is 40.8 Å². The van der Waals surface area contributed by atoms with Crippen molar-refractivity contribution in [2.45, 2.75) is 57.8 Å². The van der Waals surface area contributed by atoms with Gasteiger partial charge in [-0.05, 0) is 84.4 Å². The molecule has 1 aliphatic rings. The molecule has 1 saturated carbocycles. The van der Waals surface area contributed by atoms with Crippen LogP contribution in [0.15, 0.2) is 30.3 Å². The molecule has 0 nitrogen and oxygen atoms in total. The Labute approximate surface area is 183 Å². The van der Waals surface area contributed by atoms with Gasteiger partial charge in [-0.1, -0.05) is 26.2 Å². The first-order valence-electron chi connectivity index (χ1n) is 11.1. The van der Waals surface area contributed by atoms with E-state index >= 15 is 0 Å². The summed E-state index contributed by atoms with van der Waals surface area (Å²) in [6.07, 6.45) is 7.31. The summed E-state index contributed by atoms with van der Waals surface area (Å²) in [6, 6.07) is 4.95. The number of benzene rings is 3. The van der Waals surface area contributed by atoms with Gasteiger partial charge >= 0.3 is 0 Å². The Morgan fingerprint density at radius 3 is 2.00 bits per heavy atom. The van der Waals surface area contributed by atoms with Crippen LogP contribution in [0.1, 0.15) is 63.4 Å². The summed E-state index contributed by atoms with van der Waals surface area (Å²) in [6.45, 7) is 2.16. The highest BCUT2D eigenvalue weighted by atomic mass is 19.2. The normalized spacial score (nSPS) is 19.0. The summed E-state index contributed by atoms with van der Waals surface area (Å²) < 4.78 is 85.5. The van der Waals surface area contributed by atoms with Crippen LogP contribution in [0.3, 0.4) is 0 Å². The Morgan fingerprint density at radius 1 is 0.719 bits per heavy atom. The van der Waals surface area contributed by atoms with E-state index in [4.69, 9.17) is 0 Å². The third kappa shape index (κ3) is 4.24. The van der Waals surface area contributed by atoms with Crippen molar-refractivity contribution < 1.29 is 26.3 Å². The highest BCUT2D eigenvalue weighted by molar-refractivity contribution is 5.88. The molecule has 4 rings (SSSR count). The Morgan fingerprint density at radius 2 is 1.38 bits per heavy atom. The molecular weight excluding hydrogens is 426 g/mol. The summed E-state index contributed by atoms with van der Waals surface area (Å²) in [7, 11) is 0. The van der Waals surface area contributed by atoms with Crippen LogP contribution in [-0.2, 0) is 0 Å². The van der Waals surface area contributed by atoms with Crippen LogP contribution in [0.4, 0.5) is 26.3 Å². The molecule has 0 bridgehead atoms. The molecule has 0 radical (unpaired) electrons. The molecule has 3 aromatic rings. The molecule has 1 aliphatic carbocycles. The van der Waals surface area contributed by atoms with Gasteiger partial charge < -0.3 is 0 Å². The van der Waals surface area contributed by atoms with Crippen LogP contribution in [0.25, 0.3) is 21.9 Å². The largest absolute Gasteiger partial charge is 0.206 e. The van der Waals surface area contributed by atoms with Gasteiger partial charge in [0.25, 0.3) is 0 Å². The fraction of sp³-hybridized carbons (Fsp3) is 0.385. The SMILES string of the molecule is CCCCC1CCC(c2cc(F)c(-c3cc(F)c4c(F)c(F)c(F)cc4c3)c(F)c2)CC1. The zero-order valence-corrected chi connectivity index (χ0v) is 17.8. The minimum absolute atomic E-state index is 0.0606. The lowest BCUT2D eigenvalue weighted by Crippen LogP contribution is -2.14. The number of fused-ring (bicyclic) bond motifs is 1. The molecule has 3 aromatic carbocycles. The van der Waals surface area contributed by atoms with Crippen molar-refractivity contribution in [1.29, 1.82) is 0 Å². The lowest BCUT2D eigenvalue weighted by Gasteiger charge is -2.29. The minimum atomic E-state index is -1.80. The Hall–Kier alpha value is -2.50. The number of unbranched alkanes of at least 4 members (excludes halogenated alkanes) is 1. The van der Waals surface area contributed by atoms with Gasteiger partial charge in [-0.2, -0.15) is 0 Å². The highest BCUT2D eigenvalue weighted by Gasteiger charge is 2.25. The lowest BCUT2D eigenvalue weighted by molar-refractivity contribution is 0.303. The first-order chi connectivity index (χ1) is 15.3. The number of rotatable bonds is 5. The molecule has 0 heterocycles. The van der Waals surface area contributed by atoms with Crippen molar-refractivity contribution in [3.05, 3.63) is 70.8 Å². The molecule has 0 unspecified atom stereocenters. The Balaban J connectivity index is 1.66. The maximum Gasteiger partial charge on any atom is 0.195 e. The fourth-order valence-corrected chi connectivity index (χ4v) is 4.91. The average Bonchev–Trinajstić information content (AvgIpc) is 2.75. The molecule has 0 amide bonds. The van der Waals surface area contributed by atoms with Gasteiger partial charge in [0.1, 0.15) is 17.5 Å². The number of hydrogen-bond acceptors (Lipinski definition) is 0. The summed E-state index contributed by atoms with van der Waals surface area (Å²) >= 11 is 0. The van der Waals surface area contributed by atoms with Gasteiger partial charge in [-0.15, -0.1) is 0 Å². The second kappa shape index (κ2) is 9.16. The second-order valence-electron chi connectivity index (χ2n) is 8.76. The first-order valence-corrected chi connectivity index (χ1v) is 11.1. The van der Waals surface area contributed by atoms with E-state index in [1.165, 1.54) is 25.0 Å². The van der Waals surface area contributed by atoms with Crippen molar-refractivity contribution in [2.75, 3.05) is 0 Å². The van der Waals surface area contributed by atoms with Gasteiger partial charge in [0.2, 0.25) is 0 Å². The zero-order chi connectivity index (χ0) is 23.0. The maximum absolute atomic E-state index is 15.0. The molecule has 6 heteroatoms. The van der Waals surface area contributed by atoms with E-state index < -0.39 is 45.9 Å². The summed E-state index contributed by atoms with van der Waals surface area (Å²) in [5, 5.41) is -1.07. The monoisotopic (exact) mass is 450 g/mol. The van der Waals surface area contributed by atoms with Crippen LogP contribution in [0.5, 0.6) is 0 Å². The Kier molecular flexibility index (Phi) is 6.50. The van der Waals surface area contributed by atoms with E-state index in [0.29, 0.717) is 17.5 Å². The summed E-state index contributed by atoms with van der Waals surface area (Å²) in [4.78, 5) is 0. The van der Waals surface area contributed by atoms with Crippen molar-refractivity contribution in [2.24, 2.45) is 5.92 Å². The highest BCUT2D eigenvalue weighted by Crippen LogP contribution is 2.40. The summed E-state index contributed by atoms with van der Waals surface area (Å²) in [5.41, 5.74) is -0.111. The van der Waals surface area contributed by atoms with Crippen LogP contribution >= 0.6 is 0 Å². The second-order valence-corrected chi connectivity index (χ2v) is 8.76. The van der Waals surface area contributed by atoms with Gasteiger partial charge in [0.15, 0.2) is 17.5 Å². The zero-order valence-electron chi connectivity index (χ0n) is 17.8. The van der Waals surface area contributed by atoms with E-state index in [9.17, 15) is 26.3 Å². The predicted octanol–water partition coefficient (Wildman–Crippen LogP) is 8.81. The van der Waals surface area contributed by atoms with E-state index in [2.05, 4.69) is 6.92 Å². The van der Waals surface area contributed by atoms with Gasteiger partial charge in [0, 0.05) is 0 Å². The van der Waals surface area contributed by atoms with Gasteiger partial charge in [0.05, 0.1) is 10.9 Å². The van der Waals surface area contributed by atoms with E-state index in [-0.39, 0.29) is 16.9 Å². The van der Waals surface area contributed by atoms with Crippen molar-refractivity contribution >= 4 is 10.8 Å². The van der Waals surface area contributed by atoms with Gasteiger partial charge in [-0.25, -0.2) is 26.3 Å². The first kappa shape index (κ1) is 22.7. The van der Waals surface area contributed by atoms with Crippen LogP contribution in [-0.4, -0.2) is 0 Å². The van der Waals surface area contributed by atoms with E-state index in [0.717, 1.165) is 44.2 Å². The van der Waals surface area contributed by atoms with Crippen molar-refractivity contribution in [3.8, 4) is 11.1 Å². The number of hydrogen-bond donors (Lipinski definition) is 0. The maximum atomic E-state index is 15.0.